The number of nitrogens with one attached hydrogen (secondary N) is 1. The van der Waals surface area contributed by atoms with Gasteiger partial charge in [0.1, 0.15) is 5.00 Å². The van der Waals surface area contributed by atoms with Gasteiger partial charge in [-0.25, -0.2) is 0 Å². The van der Waals surface area contributed by atoms with Crippen LogP contribution < -0.4 is 5.32 Å². The van der Waals surface area contributed by atoms with Crippen LogP contribution in [0.3, 0.4) is 0 Å². The van der Waals surface area contributed by atoms with Crippen molar-refractivity contribution in [2.75, 3.05) is 11.6 Å². The lowest BCUT2D eigenvalue weighted by Crippen LogP contribution is -2.24. The summed E-state index contributed by atoms with van der Waals surface area (Å²) in [7, 11) is 0. The van der Waals surface area contributed by atoms with Crippen molar-refractivity contribution in [2.45, 2.75) is 37.9 Å². The first-order chi connectivity index (χ1) is 11.7. The molecule has 1 aliphatic rings. The lowest BCUT2D eigenvalue weighted by molar-refractivity contribution is -0.115. The second kappa shape index (κ2) is 7.49. The Labute approximate surface area is 150 Å². The highest BCUT2D eigenvalue weighted by Gasteiger charge is 2.29. The van der Waals surface area contributed by atoms with Crippen molar-refractivity contribution in [3.8, 4) is 0 Å². The highest BCUT2D eigenvalue weighted by Crippen LogP contribution is 2.40. The average molecular weight is 361 g/mol. The molecule has 0 spiro atoms. The van der Waals surface area contributed by atoms with Crippen LogP contribution in [0.4, 0.5) is 5.00 Å². The summed E-state index contributed by atoms with van der Waals surface area (Å²) in [4.78, 5) is 30.7. The summed E-state index contributed by atoms with van der Waals surface area (Å²) >= 11 is 3.09. The summed E-state index contributed by atoms with van der Waals surface area (Å²) in [5, 5.41) is 3.62. The van der Waals surface area contributed by atoms with E-state index < -0.39 is 0 Å². The van der Waals surface area contributed by atoms with Crippen molar-refractivity contribution in [3.05, 3.63) is 46.1 Å². The molecule has 1 N–H and O–H groups in total. The normalized spacial score (nSPS) is 14.2. The monoisotopic (exact) mass is 360 g/mol. The van der Waals surface area contributed by atoms with Gasteiger partial charge in [0, 0.05) is 22.8 Å². The SMILES string of the molecule is CCC(SC)C(=O)Nc1sc2c(c1C(=O)c1cccnc1)CCC2. The number of aromatic nitrogens is 1. The van der Waals surface area contributed by atoms with Gasteiger partial charge in [-0.15, -0.1) is 11.3 Å². The highest BCUT2D eigenvalue weighted by atomic mass is 32.2. The number of fused-ring (bicyclic) bond motifs is 1. The van der Waals surface area contributed by atoms with Crippen LogP contribution in [-0.2, 0) is 17.6 Å². The van der Waals surface area contributed by atoms with Gasteiger partial charge in [0.05, 0.1) is 10.8 Å². The Bertz CT molecular complexity index is 752. The number of anilines is 1. The molecule has 0 fully saturated rings. The maximum absolute atomic E-state index is 13.0. The summed E-state index contributed by atoms with van der Waals surface area (Å²) in [6, 6.07) is 3.54. The van der Waals surface area contributed by atoms with Gasteiger partial charge in [-0.3, -0.25) is 14.6 Å². The molecule has 24 heavy (non-hydrogen) atoms. The summed E-state index contributed by atoms with van der Waals surface area (Å²) in [6.45, 7) is 2.00. The number of pyridine rings is 1. The first-order valence-corrected chi connectivity index (χ1v) is 10.2. The van der Waals surface area contributed by atoms with Crippen molar-refractivity contribution >= 4 is 39.8 Å². The maximum Gasteiger partial charge on any atom is 0.238 e. The molecular formula is C18H20N2O2S2. The molecule has 126 valence electrons. The molecule has 1 unspecified atom stereocenters. The Kier molecular flexibility index (Phi) is 5.36. The van der Waals surface area contributed by atoms with Gasteiger partial charge in [-0.1, -0.05) is 6.92 Å². The average Bonchev–Trinajstić information content (AvgIpc) is 3.17. The molecule has 1 aliphatic carbocycles. The van der Waals surface area contributed by atoms with E-state index in [4.69, 9.17) is 0 Å². The molecule has 1 atom stereocenters. The molecule has 0 saturated heterocycles. The number of carbonyl (C=O) groups is 2. The molecule has 6 heteroatoms. The van der Waals surface area contributed by atoms with Crippen LogP contribution in [0.1, 0.15) is 46.1 Å². The van der Waals surface area contributed by atoms with E-state index in [0.29, 0.717) is 16.1 Å². The fourth-order valence-electron chi connectivity index (χ4n) is 3.03. The second-order valence-corrected chi connectivity index (χ2v) is 7.90. The summed E-state index contributed by atoms with van der Waals surface area (Å²) < 4.78 is 0. The largest absolute Gasteiger partial charge is 0.316 e. The number of hydrogen-bond donors (Lipinski definition) is 1. The molecule has 1 amide bonds. The predicted molar refractivity (Wildman–Crippen MR) is 100 cm³/mol. The number of aryl methyl sites for hydroxylation is 1. The van der Waals surface area contributed by atoms with Gasteiger partial charge in [-0.2, -0.15) is 11.8 Å². The third-order valence-corrected chi connectivity index (χ3v) is 6.58. The van der Waals surface area contributed by atoms with Gasteiger partial charge in [0.25, 0.3) is 0 Å². The Morgan fingerprint density at radius 3 is 2.92 bits per heavy atom. The first-order valence-electron chi connectivity index (χ1n) is 8.08. The van der Waals surface area contributed by atoms with E-state index >= 15 is 0 Å². The van der Waals surface area contributed by atoms with Gasteiger partial charge < -0.3 is 5.32 Å². The number of rotatable bonds is 6. The van der Waals surface area contributed by atoms with Crippen LogP contribution in [0, 0.1) is 0 Å². The van der Waals surface area contributed by atoms with Crippen molar-refractivity contribution in [2.24, 2.45) is 0 Å². The van der Waals surface area contributed by atoms with Crippen LogP contribution in [0.25, 0.3) is 0 Å². The molecule has 2 aromatic rings. The maximum atomic E-state index is 13.0. The molecule has 0 radical (unpaired) electrons. The summed E-state index contributed by atoms with van der Waals surface area (Å²) in [5.74, 6) is -0.0693. The predicted octanol–water partition coefficient (Wildman–Crippen LogP) is 3.94. The summed E-state index contributed by atoms with van der Waals surface area (Å²) in [6.07, 6.45) is 8.91. The number of amides is 1. The van der Waals surface area contributed by atoms with Crippen LogP contribution in [0.2, 0.25) is 0 Å². The van der Waals surface area contributed by atoms with Gasteiger partial charge in [-0.05, 0) is 49.6 Å². The Morgan fingerprint density at radius 2 is 2.25 bits per heavy atom. The highest BCUT2D eigenvalue weighted by molar-refractivity contribution is 7.99. The Morgan fingerprint density at radius 1 is 1.42 bits per heavy atom. The van der Waals surface area contributed by atoms with Gasteiger partial charge in [0.15, 0.2) is 5.78 Å². The zero-order valence-electron chi connectivity index (χ0n) is 13.8. The number of carbonyl (C=O) groups excluding carboxylic acids is 2. The van der Waals surface area contributed by atoms with E-state index in [1.54, 1.807) is 35.9 Å². The minimum atomic E-state index is -0.0942. The minimum absolute atomic E-state index is 0.0230. The van der Waals surface area contributed by atoms with E-state index in [2.05, 4.69) is 10.3 Å². The van der Waals surface area contributed by atoms with Crippen molar-refractivity contribution in [1.82, 2.24) is 4.98 Å². The lowest BCUT2D eigenvalue weighted by Gasteiger charge is -2.13. The zero-order valence-corrected chi connectivity index (χ0v) is 15.4. The molecule has 0 aliphatic heterocycles. The van der Waals surface area contributed by atoms with Crippen molar-refractivity contribution in [1.29, 1.82) is 0 Å². The number of thioether (sulfide) groups is 1. The quantitative estimate of drug-likeness (QED) is 0.793. The Hall–Kier alpha value is -1.66. The molecule has 4 nitrogen and oxygen atoms in total. The van der Waals surface area contributed by atoms with Crippen molar-refractivity contribution in [3.63, 3.8) is 0 Å². The number of thiophene rings is 1. The van der Waals surface area contributed by atoms with E-state index in [0.717, 1.165) is 31.2 Å². The second-order valence-electron chi connectivity index (χ2n) is 5.75. The van der Waals surface area contributed by atoms with Crippen LogP contribution >= 0.6 is 23.1 Å². The standard InChI is InChI=1S/C18H20N2O2S2/c1-3-13(23-2)17(22)20-18-15(12-7-4-8-14(12)24-18)16(21)11-6-5-9-19-10-11/h5-6,9-10,13H,3-4,7-8H2,1-2H3,(H,20,22). The number of nitrogens with zero attached hydrogens (tertiary/aromatic N) is 1. The van der Waals surface area contributed by atoms with Crippen LogP contribution in [0.15, 0.2) is 24.5 Å². The molecule has 0 aromatic carbocycles. The molecule has 2 heterocycles. The van der Waals surface area contributed by atoms with E-state index in [9.17, 15) is 9.59 Å². The van der Waals surface area contributed by atoms with E-state index in [-0.39, 0.29) is 16.9 Å². The molecule has 2 aromatic heterocycles. The molecule has 0 saturated carbocycles. The lowest BCUT2D eigenvalue weighted by atomic mass is 10.0. The van der Waals surface area contributed by atoms with Crippen molar-refractivity contribution < 1.29 is 9.59 Å². The molecule has 0 bridgehead atoms. The fourth-order valence-corrected chi connectivity index (χ4v) is 4.92. The third-order valence-electron chi connectivity index (χ3n) is 4.26. The number of hydrogen-bond acceptors (Lipinski definition) is 5. The molecule has 3 rings (SSSR count). The smallest absolute Gasteiger partial charge is 0.238 e. The van der Waals surface area contributed by atoms with Crippen LogP contribution in [-0.4, -0.2) is 28.2 Å². The Balaban J connectivity index is 1.96. The van der Waals surface area contributed by atoms with E-state index in [1.807, 2.05) is 13.2 Å². The summed E-state index contributed by atoms with van der Waals surface area (Å²) in [5.41, 5.74) is 2.35. The molecular weight excluding hydrogens is 340 g/mol. The van der Waals surface area contributed by atoms with Crippen LogP contribution in [0.5, 0.6) is 0 Å². The van der Waals surface area contributed by atoms with E-state index in [1.165, 1.54) is 16.6 Å². The first kappa shape index (κ1) is 17.2. The number of ketones is 1. The fraction of sp³-hybridized carbons (Fsp3) is 0.389. The van der Waals surface area contributed by atoms with Gasteiger partial charge in [0.2, 0.25) is 5.91 Å². The zero-order chi connectivity index (χ0) is 17.1. The van der Waals surface area contributed by atoms with Gasteiger partial charge >= 0.3 is 0 Å². The third kappa shape index (κ3) is 3.26. The topological polar surface area (TPSA) is 59.1 Å². The minimum Gasteiger partial charge on any atom is -0.316 e.